The highest BCUT2D eigenvalue weighted by molar-refractivity contribution is 6.04. The van der Waals surface area contributed by atoms with E-state index in [1.165, 1.54) is 32.5 Å². The summed E-state index contributed by atoms with van der Waals surface area (Å²) in [7, 11) is 3.04. The Morgan fingerprint density at radius 2 is 1.63 bits per heavy atom. The van der Waals surface area contributed by atoms with Gasteiger partial charge in [0.1, 0.15) is 11.6 Å². The van der Waals surface area contributed by atoms with Crippen LogP contribution < -0.4 is 20.1 Å². The van der Waals surface area contributed by atoms with Crippen LogP contribution in [0.2, 0.25) is 0 Å². The number of amides is 1. The minimum absolute atomic E-state index is 0.294. The molecule has 0 aliphatic carbocycles. The fraction of sp³-hybridized carbons (Fsp3) is 0.100. The molecule has 0 spiro atoms. The fourth-order valence-electron chi connectivity index (χ4n) is 2.40. The molecule has 0 fully saturated rings. The van der Waals surface area contributed by atoms with Crippen molar-refractivity contribution in [2.45, 2.75) is 0 Å². The number of nitrogens with zero attached hydrogens (tertiary/aromatic N) is 1. The number of carbonyl (C=O) groups excluding carboxylic acids is 1. The van der Waals surface area contributed by atoms with E-state index in [0.717, 1.165) is 0 Å². The highest BCUT2D eigenvalue weighted by Gasteiger charge is 2.11. The molecule has 0 aliphatic rings. The van der Waals surface area contributed by atoms with Crippen LogP contribution >= 0.6 is 0 Å². The van der Waals surface area contributed by atoms with Crippen molar-refractivity contribution in [1.82, 2.24) is 4.98 Å². The highest BCUT2D eigenvalue weighted by Crippen LogP contribution is 2.28. The van der Waals surface area contributed by atoms with Crippen LogP contribution in [0.4, 0.5) is 21.6 Å². The van der Waals surface area contributed by atoms with E-state index in [1.54, 1.807) is 42.5 Å². The third kappa shape index (κ3) is 4.52. The summed E-state index contributed by atoms with van der Waals surface area (Å²) in [5.41, 5.74) is 1.69. The summed E-state index contributed by atoms with van der Waals surface area (Å²) in [6, 6.07) is 14.3. The van der Waals surface area contributed by atoms with Crippen LogP contribution in [0.5, 0.6) is 11.5 Å². The molecule has 1 aromatic heterocycles. The van der Waals surface area contributed by atoms with E-state index >= 15 is 0 Å². The Morgan fingerprint density at radius 3 is 2.26 bits per heavy atom. The molecule has 0 bridgehead atoms. The number of ether oxygens (including phenoxy) is 2. The number of anilines is 3. The van der Waals surface area contributed by atoms with Gasteiger partial charge in [-0.15, -0.1) is 0 Å². The van der Waals surface area contributed by atoms with E-state index < -0.39 is 0 Å². The molecule has 2 aromatic carbocycles. The number of benzene rings is 2. The first kappa shape index (κ1) is 18.2. The van der Waals surface area contributed by atoms with Gasteiger partial charge in [0.2, 0.25) is 0 Å². The summed E-state index contributed by atoms with van der Waals surface area (Å²) in [6.45, 7) is 0. The lowest BCUT2D eigenvalue weighted by molar-refractivity contribution is 0.102. The molecule has 0 unspecified atom stereocenters. The van der Waals surface area contributed by atoms with Crippen LogP contribution in [0.25, 0.3) is 0 Å². The van der Waals surface area contributed by atoms with Crippen molar-refractivity contribution in [3.63, 3.8) is 0 Å². The summed E-state index contributed by atoms with van der Waals surface area (Å²) in [6.07, 6.45) is 1.53. The van der Waals surface area contributed by atoms with Gasteiger partial charge in [0.05, 0.1) is 26.1 Å². The minimum Gasteiger partial charge on any atom is -0.493 e. The zero-order valence-electron chi connectivity index (χ0n) is 14.8. The third-order valence-electron chi connectivity index (χ3n) is 3.78. The van der Waals surface area contributed by atoms with Crippen molar-refractivity contribution in [3.8, 4) is 11.5 Å². The van der Waals surface area contributed by atoms with Gasteiger partial charge in [-0.05, 0) is 54.6 Å². The molecular weight excluding hydrogens is 349 g/mol. The molecular formula is C20H18FN3O3. The number of carbonyl (C=O) groups is 1. The van der Waals surface area contributed by atoms with E-state index in [-0.39, 0.29) is 11.7 Å². The van der Waals surface area contributed by atoms with Gasteiger partial charge in [0.25, 0.3) is 5.91 Å². The molecule has 3 aromatic rings. The maximum atomic E-state index is 12.9. The molecule has 0 aliphatic heterocycles. The Morgan fingerprint density at radius 1 is 0.926 bits per heavy atom. The lowest BCUT2D eigenvalue weighted by Crippen LogP contribution is -2.12. The molecule has 0 saturated heterocycles. The molecule has 6 nitrogen and oxygen atoms in total. The molecule has 1 heterocycles. The second-order valence-corrected chi connectivity index (χ2v) is 5.59. The van der Waals surface area contributed by atoms with Gasteiger partial charge < -0.3 is 20.1 Å². The summed E-state index contributed by atoms with van der Waals surface area (Å²) in [4.78, 5) is 16.6. The van der Waals surface area contributed by atoms with Crippen LogP contribution in [0.15, 0.2) is 60.8 Å². The second-order valence-electron chi connectivity index (χ2n) is 5.59. The normalized spacial score (nSPS) is 10.2. The predicted octanol–water partition coefficient (Wildman–Crippen LogP) is 4.23. The standard InChI is InChI=1S/C20H18FN3O3/c1-26-17-9-3-13(11-18(17)27-2)20(25)24-16-8-10-19(22-12-16)23-15-6-4-14(21)5-7-15/h3-12H,1-2H3,(H,22,23)(H,24,25). The lowest BCUT2D eigenvalue weighted by atomic mass is 10.2. The number of methoxy groups -OCH3 is 2. The molecule has 1 amide bonds. The fourth-order valence-corrected chi connectivity index (χ4v) is 2.40. The van der Waals surface area contributed by atoms with E-state index in [1.807, 2.05) is 0 Å². The van der Waals surface area contributed by atoms with Crippen molar-refractivity contribution in [1.29, 1.82) is 0 Å². The zero-order chi connectivity index (χ0) is 19.2. The largest absolute Gasteiger partial charge is 0.493 e. The number of nitrogens with one attached hydrogen (secondary N) is 2. The van der Waals surface area contributed by atoms with Gasteiger partial charge in [-0.2, -0.15) is 0 Å². The van der Waals surface area contributed by atoms with Gasteiger partial charge in [0.15, 0.2) is 11.5 Å². The van der Waals surface area contributed by atoms with Crippen LogP contribution in [0.3, 0.4) is 0 Å². The van der Waals surface area contributed by atoms with Crippen molar-refractivity contribution in [2.24, 2.45) is 0 Å². The van der Waals surface area contributed by atoms with Crippen molar-refractivity contribution in [3.05, 3.63) is 72.2 Å². The van der Waals surface area contributed by atoms with Gasteiger partial charge >= 0.3 is 0 Å². The van der Waals surface area contributed by atoms with E-state index in [2.05, 4.69) is 15.6 Å². The van der Waals surface area contributed by atoms with Gasteiger partial charge in [-0.3, -0.25) is 4.79 Å². The van der Waals surface area contributed by atoms with Crippen LogP contribution in [0, 0.1) is 5.82 Å². The topological polar surface area (TPSA) is 72.5 Å². The average Bonchev–Trinajstić information content (AvgIpc) is 2.70. The molecule has 0 saturated carbocycles. The molecule has 7 heteroatoms. The summed E-state index contributed by atoms with van der Waals surface area (Å²) < 4.78 is 23.3. The third-order valence-corrected chi connectivity index (χ3v) is 3.78. The first-order valence-electron chi connectivity index (χ1n) is 8.11. The maximum absolute atomic E-state index is 12.9. The molecule has 0 atom stereocenters. The number of rotatable bonds is 6. The van der Waals surface area contributed by atoms with Crippen LogP contribution in [-0.2, 0) is 0 Å². The molecule has 3 rings (SSSR count). The molecule has 2 N–H and O–H groups in total. The number of pyridine rings is 1. The predicted molar refractivity (Wildman–Crippen MR) is 101 cm³/mol. The smallest absolute Gasteiger partial charge is 0.255 e. The van der Waals surface area contributed by atoms with E-state index in [4.69, 9.17) is 9.47 Å². The monoisotopic (exact) mass is 367 g/mol. The van der Waals surface area contributed by atoms with E-state index in [9.17, 15) is 9.18 Å². The number of hydrogen-bond acceptors (Lipinski definition) is 5. The first-order chi connectivity index (χ1) is 13.1. The first-order valence-corrected chi connectivity index (χ1v) is 8.11. The average molecular weight is 367 g/mol. The Bertz CT molecular complexity index is 928. The molecule has 0 radical (unpaired) electrons. The number of halogens is 1. The molecule has 138 valence electrons. The molecule has 27 heavy (non-hydrogen) atoms. The van der Waals surface area contributed by atoms with Crippen molar-refractivity contribution >= 4 is 23.1 Å². The summed E-state index contributed by atoms with van der Waals surface area (Å²) >= 11 is 0. The summed E-state index contributed by atoms with van der Waals surface area (Å²) in [5.74, 6) is 0.999. The van der Waals surface area contributed by atoms with Gasteiger partial charge in [-0.1, -0.05) is 0 Å². The Hall–Kier alpha value is -3.61. The number of aromatic nitrogens is 1. The quantitative estimate of drug-likeness (QED) is 0.682. The Labute approximate surface area is 156 Å². The van der Waals surface area contributed by atoms with E-state index in [0.29, 0.717) is 34.3 Å². The highest BCUT2D eigenvalue weighted by atomic mass is 19.1. The van der Waals surface area contributed by atoms with Gasteiger partial charge in [-0.25, -0.2) is 9.37 Å². The maximum Gasteiger partial charge on any atom is 0.255 e. The van der Waals surface area contributed by atoms with Gasteiger partial charge in [0, 0.05) is 11.3 Å². The zero-order valence-corrected chi connectivity index (χ0v) is 14.8. The Kier molecular flexibility index (Phi) is 5.51. The van der Waals surface area contributed by atoms with Crippen molar-refractivity contribution in [2.75, 3.05) is 24.9 Å². The SMILES string of the molecule is COc1ccc(C(=O)Nc2ccc(Nc3ccc(F)cc3)nc2)cc1OC. The van der Waals surface area contributed by atoms with Crippen molar-refractivity contribution < 1.29 is 18.7 Å². The number of hydrogen-bond donors (Lipinski definition) is 2. The van der Waals surface area contributed by atoms with Crippen LogP contribution in [0.1, 0.15) is 10.4 Å². The lowest BCUT2D eigenvalue weighted by Gasteiger charge is -2.10. The summed E-state index contributed by atoms with van der Waals surface area (Å²) in [5, 5.41) is 5.82. The van der Waals surface area contributed by atoms with Crippen LogP contribution in [-0.4, -0.2) is 25.1 Å². The Balaban J connectivity index is 1.67. The second kappa shape index (κ2) is 8.18. The minimum atomic E-state index is -0.304.